The molecule has 3 aromatic rings. The molecule has 0 aliphatic carbocycles. The van der Waals surface area contributed by atoms with Crippen LogP contribution in [0.25, 0.3) is 11.1 Å². The van der Waals surface area contributed by atoms with Crippen molar-refractivity contribution in [2.24, 2.45) is 0 Å². The zero-order valence-corrected chi connectivity index (χ0v) is 14.5. The average Bonchev–Trinajstić information content (AvgIpc) is 2.64. The van der Waals surface area contributed by atoms with Gasteiger partial charge in [-0.2, -0.15) is 13.2 Å². The second-order valence-corrected chi connectivity index (χ2v) is 6.12. The molecule has 1 amide bonds. The molecule has 0 radical (unpaired) electrons. The van der Waals surface area contributed by atoms with Gasteiger partial charge in [0.25, 0.3) is 5.91 Å². The molecule has 0 atom stereocenters. The summed E-state index contributed by atoms with van der Waals surface area (Å²) in [5, 5.41) is 2.61. The third-order valence-electron chi connectivity index (χ3n) is 4.22. The molecule has 0 saturated carbocycles. The minimum absolute atomic E-state index is 0.0916. The van der Waals surface area contributed by atoms with Crippen LogP contribution in [0.5, 0.6) is 0 Å². The molecule has 0 aliphatic rings. The van der Waals surface area contributed by atoms with Gasteiger partial charge in [0, 0.05) is 11.1 Å². The number of nitrogens with one attached hydrogen (secondary N) is 1. The Morgan fingerprint density at radius 1 is 0.963 bits per heavy atom. The quantitative estimate of drug-likeness (QED) is 0.597. The lowest BCUT2D eigenvalue weighted by Crippen LogP contribution is -2.15. The van der Waals surface area contributed by atoms with Crippen molar-refractivity contribution in [3.8, 4) is 11.1 Å². The summed E-state index contributed by atoms with van der Waals surface area (Å²) in [7, 11) is 0. The number of rotatable bonds is 3. The van der Waals surface area contributed by atoms with Crippen molar-refractivity contribution in [2.75, 3.05) is 11.1 Å². The van der Waals surface area contributed by atoms with Crippen LogP contribution in [0.1, 0.15) is 21.5 Å². The van der Waals surface area contributed by atoms with Gasteiger partial charge in [-0.15, -0.1) is 0 Å². The first-order valence-corrected chi connectivity index (χ1v) is 8.20. The van der Waals surface area contributed by atoms with E-state index in [9.17, 15) is 18.0 Å². The number of amides is 1. The molecule has 0 unspecified atom stereocenters. The van der Waals surface area contributed by atoms with E-state index in [1.165, 1.54) is 12.1 Å². The maximum absolute atomic E-state index is 12.9. The van der Waals surface area contributed by atoms with Gasteiger partial charge < -0.3 is 11.1 Å². The average molecular weight is 370 g/mol. The number of halogens is 3. The number of nitrogens with two attached hydrogens (primary N) is 1. The third kappa shape index (κ3) is 3.95. The van der Waals surface area contributed by atoms with E-state index in [1.807, 2.05) is 37.3 Å². The minimum Gasteiger partial charge on any atom is -0.397 e. The van der Waals surface area contributed by atoms with Crippen LogP contribution in [0.2, 0.25) is 0 Å². The predicted octanol–water partition coefficient (Wildman–Crippen LogP) is 5.52. The molecule has 0 aliphatic heterocycles. The predicted molar refractivity (Wildman–Crippen MR) is 100 cm³/mol. The van der Waals surface area contributed by atoms with Crippen molar-refractivity contribution in [3.63, 3.8) is 0 Å². The number of benzene rings is 3. The molecule has 0 fully saturated rings. The Hall–Kier alpha value is -3.28. The maximum Gasteiger partial charge on any atom is 0.416 e. The van der Waals surface area contributed by atoms with Gasteiger partial charge >= 0.3 is 6.18 Å². The topological polar surface area (TPSA) is 55.1 Å². The number of hydrogen-bond donors (Lipinski definition) is 2. The Kier molecular flexibility index (Phi) is 4.90. The van der Waals surface area contributed by atoms with E-state index in [4.69, 9.17) is 5.73 Å². The minimum atomic E-state index is -4.51. The highest BCUT2D eigenvalue weighted by Gasteiger charge is 2.31. The molecule has 3 N–H and O–H groups in total. The van der Waals surface area contributed by atoms with Gasteiger partial charge in [-0.3, -0.25) is 4.79 Å². The summed E-state index contributed by atoms with van der Waals surface area (Å²) in [5.41, 5.74) is 8.58. The molecular formula is C21H17F3N2O. The highest BCUT2D eigenvalue weighted by atomic mass is 19.4. The second kappa shape index (κ2) is 7.15. The summed E-state index contributed by atoms with van der Waals surface area (Å²) >= 11 is 0. The highest BCUT2D eigenvalue weighted by molar-refractivity contribution is 6.07. The van der Waals surface area contributed by atoms with Gasteiger partial charge in [0.1, 0.15) is 0 Å². The van der Waals surface area contributed by atoms with Crippen molar-refractivity contribution in [2.45, 2.75) is 13.1 Å². The van der Waals surface area contributed by atoms with Gasteiger partial charge in [0.15, 0.2) is 0 Å². The maximum atomic E-state index is 12.9. The molecule has 0 spiro atoms. The third-order valence-corrected chi connectivity index (χ3v) is 4.22. The molecular weight excluding hydrogens is 353 g/mol. The van der Waals surface area contributed by atoms with E-state index in [0.717, 1.165) is 28.8 Å². The largest absolute Gasteiger partial charge is 0.416 e. The SMILES string of the molecule is Cc1ccc(NC(=O)c2cccc(C(F)(F)F)c2)c(N)c1-c1ccccc1. The molecule has 3 aromatic carbocycles. The van der Waals surface area contributed by atoms with E-state index < -0.39 is 17.6 Å². The first-order chi connectivity index (χ1) is 12.8. The van der Waals surface area contributed by atoms with Crippen molar-refractivity contribution in [1.29, 1.82) is 0 Å². The first kappa shape index (κ1) is 18.5. The fourth-order valence-electron chi connectivity index (χ4n) is 2.86. The smallest absolute Gasteiger partial charge is 0.397 e. The lowest BCUT2D eigenvalue weighted by Gasteiger charge is -2.15. The van der Waals surface area contributed by atoms with Crippen LogP contribution in [0.3, 0.4) is 0 Å². The summed E-state index contributed by atoms with van der Waals surface area (Å²) in [5.74, 6) is -0.657. The lowest BCUT2D eigenvalue weighted by atomic mass is 9.97. The molecule has 0 saturated heterocycles. The van der Waals surface area contributed by atoms with E-state index >= 15 is 0 Å². The molecule has 0 aromatic heterocycles. The lowest BCUT2D eigenvalue weighted by molar-refractivity contribution is -0.137. The monoisotopic (exact) mass is 370 g/mol. The number of hydrogen-bond acceptors (Lipinski definition) is 2. The van der Waals surface area contributed by atoms with Crippen LogP contribution >= 0.6 is 0 Å². The Morgan fingerprint density at radius 2 is 1.67 bits per heavy atom. The van der Waals surface area contributed by atoms with Crippen LogP contribution in [0.4, 0.5) is 24.5 Å². The Morgan fingerprint density at radius 3 is 2.33 bits per heavy atom. The van der Waals surface area contributed by atoms with E-state index in [2.05, 4.69) is 5.32 Å². The van der Waals surface area contributed by atoms with Crippen molar-refractivity contribution < 1.29 is 18.0 Å². The van der Waals surface area contributed by atoms with Gasteiger partial charge in [-0.1, -0.05) is 42.5 Å². The fourth-order valence-corrected chi connectivity index (χ4v) is 2.86. The van der Waals surface area contributed by atoms with Crippen LogP contribution in [0.15, 0.2) is 66.7 Å². The zero-order chi connectivity index (χ0) is 19.6. The molecule has 6 heteroatoms. The van der Waals surface area contributed by atoms with Crippen LogP contribution < -0.4 is 11.1 Å². The van der Waals surface area contributed by atoms with E-state index in [-0.39, 0.29) is 5.56 Å². The molecule has 0 bridgehead atoms. The molecule has 138 valence electrons. The second-order valence-electron chi connectivity index (χ2n) is 6.12. The number of anilines is 2. The fraction of sp³-hybridized carbons (Fsp3) is 0.0952. The number of nitrogen functional groups attached to an aromatic ring is 1. The van der Waals surface area contributed by atoms with Crippen LogP contribution in [0, 0.1) is 6.92 Å². The van der Waals surface area contributed by atoms with Crippen molar-refractivity contribution in [3.05, 3.63) is 83.4 Å². The molecule has 0 heterocycles. The van der Waals surface area contributed by atoms with E-state index in [1.54, 1.807) is 12.1 Å². The Labute approximate surface area is 154 Å². The highest BCUT2D eigenvalue weighted by Crippen LogP contribution is 2.35. The normalized spacial score (nSPS) is 11.3. The van der Waals surface area contributed by atoms with Crippen LogP contribution in [-0.4, -0.2) is 5.91 Å². The van der Waals surface area contributed by atoms with Crippen molar-refractivity contribution in [1.82, 2.24) is 0 Å². The number of alkyl halides is 3. The van der Waals surface area contributed by atoms with Gasteiger partial charge in [0.2, 0.25) is 0 Å². The summed E-state index contributed by atoms with van der Waals surface area (Å²) in [6.45, 7) is 1.90. The molecule has 3 rings (SSSR count). The Bertz CT molecular complexity index is 982. The van der Waals surface area contributed by atoms with Gasteiger partial charge in [-0.05, 0) is 42.3 Å². The molecule has 3 nitrogen and oxygen atoms in total. The first-order valence-electron chi connectivity index (χ1n) is 8.20. The van der Waals surface area contributed by atoms with Gasteiger partial charge in [-0.25, -0.2) is 0 Å². The molecule has 27 heavy (non-hydrogen) atoms. The van der Waals surface area contributed by atoms with Gasteiger partial charge in [0.05, 0.1) is 16.9 Å². The van der Waals surface area contributed by atoms with Crippen LogP contribution in [-0.2, 0) is 6.18 Å². The summed E-state index contributed by atoms with van der Waals surface area (Å²) in [4.78, 5) is 12.4. The summed E-state index contributed by atoms with van der Waals surface area (Å²) < 4.78 is 38.6. The number of carbonyl (C=O) groups excluding carboxylic acids is 1. The van der Waals surface area contributed by atoms with E-state index in [0.29, 0.717) is 11.4 Å². The van der Waals surface area contributed by atoms with Crippen molar-refractivity contribution >= 4 is 17.3 Å². The summed E-state index contributed by atoms with van der Waals surface area (Å²) in [6.07, 6.45) is -4.51. The summed E-state index contributed by atoms with van der Waals surface area (Å²) in [6, 6.07) is 17.1. The number of aryl methyl sites for hydroxylation is 1. The standard InChI is InChI=1S/C21H17F3N2O/c1-13-10-11-17(19(25)18(13)14-6-3-2-4-7-14)26-20(27)15-8-5-9-16(12-15)21(22,23)24/h2-12H,25H2,1H3,(H,26,27). The number of carbonyl (C=O) groups is 1. The zero-order valence-electron chi connectivity index (χ0n) is 14.5. The Balaban J connectivity index is 1.94.